The van der Waals surface area contributed by atoms with Crippen LogP contribution in [0.25, 0.3) is 0 Å². The summed E-state index contributed by atoms with van der Waals surface area (Å²) in [6.45, 7) is 6.69. The van der Waals surface area contributed by atoms with Crippen molar-refractivity contribution in [3.05, 3.63) is 35.4 Å². The van der Waals surface area contributed by atoms with E-state index in [0.29, 0.717) is 6.04 Å². The molecule has 0 amide bonds. The van der Waals surface area contributed by atoms with E-state index in [0.717, 1.165) is 12.2 Å². The fraction of sp³-hybridized carbons (Fsp3) is 0.600. The molecule has 0 aromatic heterocycles. The van der Waals surface area contributed by atoms with Crippen LogP contribution in [0.3, 0.4) is 0 Å². The summed E-state index contributed by atoms with van der Waals surface area (Å²) in [7, 11) is -0.703. The van der Waals surface area contributed by atoms with Crippen molar-refractivity contribution in [2.75, 3.05) is 5.75 Å². The lowest BCUT2D eigenvalue weighted by Crippen LogP contribution is -2.53. The zero-order valence-electron chi connectivity index (χ0n) is 11.3. The highest BCUT2D eigenvalue weighted by Gasteiger charge is 2.44. The molecule has 0 radical (unpaired) electrons. The number of fused-ring (bicyclic) bond motifs is 3. The van der Waals surface area contributed by atoms with Gasteiger partial charge in [-0.15, -0.1) is 0 Å². The van der Waals surface area contributed by atoms with Gasteiger partial charge in [-0.05, 0) is 29.9 Å². The highest BCUT2D eigenvalue weighted by Crippen LogP contribution is 2.44. The molecule has 1 aliphatic heterocycles. The first-order valence-electron chi connectivity index (χ1n) is 6.72. The minimum absolute atomic E-state index is 0.135. The van der Waals surface area contributed by atoms with E-state index in [4.69, 9.17) is 0 Å². The maximum atomic E-state index is 12.4. The monoisotopic (exact) mass is 263 g/mol. The van der Waals surface area contributed by atoms with Gasteiger partial charge in [0.15, 0.2) is 0 Å². The van der Waals surface area contributed by atoms with E-state index in [2.05, 4.69) is 50.4 Å². The maximum absolute atomic E-state index is 12.4. The number of hydrogen-bond donors (Lipinski definition) is 1. The largest absolute Gasteiger partial charge is 0.305 e. The number of hydrogen-bond acceptors (Lipinski definition) is 2. The van der Waals surface area contributed by atoms with Gasteiger partial charge in [0.25, 0.3) is 0 Å². The van der Waals surface area contributed by atoms with Crippen LogP contribution in [0.1, 0.15) is 44.4 Å². The van der Waals surface area contributed by atoms with Gasteiger partial charge in [-0.1, -0.05) is 38.1 Å². The van der Waals surface area contributed by atoms with E-state index in [1.807, 2.05) is 0 Å². The normalized spacial score (nSPS) is 37.7. The lowest BCUT2D eigenvalue weighted by atomic mass is 9.70. The topological polar surface area (TPSA) is 29.1 Å². The second-order valence-electron chi connectivity index (χ2n) is 6.31. The Bertz CT molecular complexity index is 497. The van der Waals surface area contributed by atoms with Crippen molar-refractivity contribution in [1.82, 2.24) is 5.32 Å². The molecule has 1 aromatic carbocycles. The van der Waals surface area contributed by atoms with Gasteiger partial charge in [-0.2, -0.15) is 0 Å². The van der Waals surface area contributed by atoms with Crippen LogP contribution >= 0.6 is 0 Å². The maximum Gasteiger partial charge on any atom is 0.0551 e. The van der Waals surface area contributed by atoms with Gasteiger partial charge in [0.1, 0.15) is 0 Å². The molecule has 18 heavy (non-hydrogen) atoms. The van der Waals surface area contributed by atoms with E-state index in [9.17, 15) is 4.21 Å². The molecule has 1 saturated heterocycles. The Morgan fingerprint density at radius 2 is 2.06 bits per heavy atom. The van der Waals surface area contributed by atoms with E-state index in [1.54, 1.807) is 0 Å². The molecule has 0 saturated carbocycles. The van der Waals surface area contributed by atoms with Gasteiger partial charge in [0.05, 0.1) is 5.25 Å². The number of benzene rings is 1. The van der Waals surface area contributed by atoms with Crippen LogP contribution in [-0.4, -0.2) is 21.3 Å². The third-order valence-electron chi connectivity index (χ3n) is 4.32. The van der Waals surface area contributed by atoms with E-state index in [-0.39, 0.29) is 16.7 Å². The molecule has 3 heteroatoms. The molecule has 0 bridgehead atoms. The van der Waals surface area contributed by atoms with Gasteiger partial charge < -0.3 is 5.32 Å². The standard InChI is InChI=1S/C15H21NOS/c1-10-9-18(17)13-8-15(2,3)12-7-5-4-6-11(12)14(13)16-10/h4-7,10,13-14,16H,8-9H2,1-3H3. The molecule has 1 fully saturated rings. The Labute approximate surface area is 112 Å². The van der Waals surface area contributed by atoms with Crippen molar-refractivity contribution in [2.45, 2.75) is 49.9 Å². The van der Waals surface area contributed by atoms with Crippen LogP contribution in [-0.2, 0) is 16.2 Å². The lowest BCUT2D eigenvalue weighted by molar-refractivity contribution is 0.337. The minimum Gasteiger partial charge on any atom is -0.305 e. The molecule has 3 rings (SSSR count). The first kappa shape index (κ1) is 12.4. The Morgan fingerprint density at radius 3 is 2.83 bits per heavy atom. The van der Waals surface area contributed by atoms with Gasteiger partial charge in [0, 0.05) is 28.6 Å². The average Bonchev–Trinajstić information content (AvgIpc) is 2.31. The highest BCUT2D eigenvalue weighted by molar-refractivity contribution is 7.85. The van der Waals surface area contributed by atoms with E-state index >= 15 is 0 Å². The second-order valence-corrected chi connectivity index (χ2v) is 8.01. The molecule has 2 nitrogen and oxygen atoms in total. The van der Waals surface area contributed by atoms with Crippen LogP contribution in [0.2, 0.25) is 0 Å². The zero-order chi connectivity index (χ0) is 12.9. The summed E-state index contributed by atoms with van der Waals surface area (Å²) < 4.78 is 12.4. The average molecular weight is 263 g/mol. The van der Waals surface area contributed by atoms with Gasteiger partial charge >= 0.3 is 0 Å². The SMILES string of the molecule is CC1CS(=O)C2CC(C)(C)c3ccccc3C2N1. The summed E-state index contributed by atoms with van der Waals surface area (Å²) in [5.74, 6) is 0.791. The molecule has 2 aliphatic rings. The summed E-state index contributed by atoms with van der Waals surface area (Å²) in [6.07, 6.45) is 1.01. The molecule has 1 aromatic rings. The zero-order valence-corrected chi connectivity index (χ0v) is 12.1. The minimum atomic E-state index is -0.703. The molecule has 0 spiro atoms. The number of rotatable bonds is 0. The molecule has 1 heterocycles. The first-order chi connectivity index (χ1) is 8.49. The Balaban J connectivity index is 2.11. The third-order valence-corrected chi connectivity index (χ3v) is 6.27. The Kier molecular flexibility index (Phi) is 2.87. The highest BCUT2D eigenvalue weighted by atomic mass is 32.2. The van der Waals surface area contributed by atoms with Crippen LogP contribution in [0.4, 0.5) is 0 Å². The molecule has 4 unspecified atom stereocenters. The van der Waals surface area contributed by atoms with Crippen molar-refractivity contribution in [1.29, 1.82) is 0 Å². The molecule has 1 aliphatic carbocycles. The summed E-state index contributed by atoms with van der Waals surface area (Å²) >= 11 is 0. The molecular weight excluding hydrogens is 242 g/mol. The lowest BCUT2D eigenvalue weighted by Gasteiger charge is -2.46. The summed E-state index contributed by atoms with van der Waals surface area (Å²) in [5, 5.41) is 3.92. The third kappa shape index (κ3) is 1.84. The van der Waals surface area contributed by atoms with E-state index < -0.39 is 10.8 Å². The van der Waals surface area contributed by atoms with Crippen LogP contribution in [0.15, 0.2) is 24.3 Å². The molecule has 4 atom stereocenters. The number of nitrogens with one attached hydrogen (secondary N) is 1. The van der Waals surface area contributed by atoms with Crippen molar-refractivity contribution in [2.24, 2.45) is 0 Å². The van der Waals surface area contributed by atoms with Crippen LogP contribution < -0.4 is 5.32 Å². The predicted molar refractivity (Wildman–Crippen MR) is 76.2 cm³/mol. The van der Waals surface area contributed by atoms with Crippen molar-refractivity contribution >= 4 is 10.8 Å². The Hall–Kier alpha value is -0.670. The predicted octanol–water partition coefficient (Wildman–Crippen LogP) is 2.52. The molecular formula is C15H21NOS. The molecule has 1 N–H and O–H groups in total. The second kappa shape index (κ2) is 4.17. The van der Waals surface area contributed by atoms with Crippen LogP contribution in [0, 0.1) is 0 Å². The fourth-order valence-corrected chi connectivity index (χ4v) is 5.45. The summed E-state index contributed by atoms with van der Waals surface area (Å²) in [6, 6.07) is 9.27. The summed E-state index contributed by atoms with van der Waals surface area (Å²) in [5.41, 5.74) is 2.92. The van der Waals surface area contributed by atoms with Gasteiger partial charge in [-0.25, -0.2) is 0 Å². The van der Waals surface area contributed by atoms with E-state index in [1.165, 1.54) is 11.1 Å². The van der Waals surface area contributed by atoms with Gasteiger partial charge in [0.2, 0.25) is 0 Å². The molecule has 98 valence electrons. The Morgan fingerprint density at radius 1 is 1.33 bits per heavy atom. The first-order valence-corrected chi connectivity index (χ1v) is 8.10. The smallest absolute Gasteiger partial charge is 0.0551 e. The van der Waals surface area contributed by atoms with Crippen molar-refractivity contribution < 1.29 is 4.21 Å². The van der Waals surface area contributed by atoms with Crippen molar-refractivity contribution in [3.8, 4) is 0 Å². The fourth-order valence-electron chi connectivity index (χ4n) is 3.48. The van der Waals surface area contributed by atoms with Crippen LogP contribution in [0.5, 0.6) is 0 Å². The van der Waals surface area contributed by atoms with Crippen molar-refractivity contribution in [3.63, 3.8) is 0 Å². The van der Waals surface area contributed by atoms with Gasteiger partial charge in [-0.3, -0.25) is 4.21 Å². The summed E-state index contributed by atoms with van der Waals surface area (Å²) in [4.78, 5) is 0. The quantitative estimate of drug-likeness (QED) is 0.779.